The lowest BCUT2D eigenvalue weighted by Gasteiger charge is -2.20. The van der Waals surface area contributed by atoms with Crippen molar-refractivity contribution in [3.63, 3.8) is 0 Å². The van der Waals surface area contributed by atoms with E-state index in [1.54, 1.807) is 12.1 Å². The van der Waals surface area contributed by atoms with Crippen molar-refractivity contribution in [2.24, 2.45) is 0 Å². The second kappa shape index (κ2) is 7.56. The molecule has 122 valence electrons. The Labute approximate surface area is 139 Å². The molecule has 0 N–H and O–H groups in total. The minimum Gasteiger partial charge on any atom is -0.298 e. The Morgan fingerprint density at radius 2 is 1.65 bits per heavy atom. The van der Waals surface area contributed by atoms with Crippen molar-refractivity contribution in [1.82, 2.24) is 4.90 Å². The highest BCUT2D eigenvalue weighted by Crippen LogP contribution is 2.22. The summed E-state index contributed by atoms with van der Waals surface area (Å²) in [7, 11) is 2.07. The summed E-state index contributed by atoms with van der Waals surface area (Å²) >= 11 is 0. The van der Waals surface area contributed by atoms with Crippen molar-refractivity contribution in [2.45, 2.75) is 32.7 Å². The number of hydrogen-bond acceptors (Lipinski definition) is 1. The Balaban J connectivity index is 1.90. The third kappa shape index (κ3) is 5.33. The first-order valence-electron chi connectivity index (χ1n) is 8.05. The molecule has 23 heavy (non-hydrogen) atoms. The van der Waals surface area contributed by atoms with E-state index in [-0.39, 0.29) is 11.2 Å². The van der Waals surface area contributed by atoms with Gasteiger partial charge >= 0.3 is 0 Å². The quantitative estimate of drug-likeness (QED) is 0.727. The second-order valence-corrected chi connectivity index (χ2v) is 7.07. The molecule has 2 rings (SSSR count). The summed E-state index contributed by atoms with van der Waals surface area (Å²) in [6.45, 7) is 8.34. The van der Waals surface area contributed by atoms with Gasteiger partial charge in [0, 0.05) is 18.7 Å². The van der Waals surface area contributed by atoms with Crippen LogP contribution in [0.5, 0.6) is 0 Å². The number of likely N-dealkylation sites (N-methyl/N-ethyl adjacent to an activating group) is 1. The van der Waals surface area contributed by atoms with E-state index >= 15 is 0 Å². The van der Waals surface area contributed by atoms with Crippen molar-refractivity contribution in [3.8, 4) is 0 Å². The number of halogens is 1. The van der Waals surface area contributed by atoms with E-state index in [1.807, 2.05) is 18.2 Å². The van der Waals surface area contributed by atoms with Crippen LogP contribution in [0.3, 0.4) is 0 Å². The zero-order chi connectivity index (χ0) is 16.9. The van der Waals surface area contributed by atoms with Crippen LogP contribution in [0.2, 0.25) is 0 Å². The fraction of sp³-hybridized carbons (Fsp3) is 0.333. The predicted octanol–water partition coefficient (Wildman–Crippen LogP) is 5.27. The molecule has 0 aromatic heterocycles. The SMILES string of the molecule is CN(CC=Cc1ccccc1F)Cc1ccc(C(C)(C)C)cc1. The van der Waals surface area contributed by atoms with Gasteiger partial charge < -0.3 is 0 Å². The van der Waals surface area contributed by atoms with Gasteiger partial charge in [0.25, 0.3) is 0 Å². The maximum Gasteiger partial charge on any atom is 0.130 e. The van der Waals surface area contributed by atoms with E-state index in [0.717, 1.165) is 13.1 Å². The van der Waals surface area contributed by atoms with Gasteiger partial charge in [-0.25, -0.2) is 4.39 Å². The van der Waals surface area contributed by atoms with Gasteiger partial charge in [0.2, 0.25) is 0 Å². The van der Waals surface area contributed by atoms with Crippen LogP contribution >= 0.6 is 0 Å². The van der Waals surface area contributed by atoms with E-state index in [1.165, 1.54) is 17.2 Å². The molecular formula is C21H26FN. The molecule has 0 aliphatic heterocycles. The Kier molecular flexibility index (Phi) is 5.73. The molecule has 2 heteroatoms. The van der Waals surface area contributed by atoms with E-state index < -0.39 is 0 Å². The second-order valence-electron chi connectivity index (χ2n) is 7.07. The number of rotatable bonds is 5. The summed E-state index contributed by atoms with van der Waals surface area (Å²) in [5.41, 5.74) is 3.46. The highest BCUT2D eigenvalue weighted by molar-refractivity contribution is 5.49. The van der Waals surface area contributed by atoms with Gasteiger partial charge in [0.15, 0.2) is 0 Å². The minimum absolute atomic E-state index is 0.177. The van der Waals surface area contributed by atoms with Crippen LogP contribution in [0.4, 0.5) is 4.39 Å². The first-order valence-corrected chi connectivity index (χ1v) is 8.05. The van der Waals surface area contributed by atoms with Crippen LogP contribution in [0.15, 0.2) is 54.6 Å². The molecule has 0 saturated carbocycles. The lowest BCUT2D eigenvalue weighted by Crippen LogP contribution is -2.18. The molecule has 1 nitrogen and oxygen atoms in total. The van der Waals surface area contributed by atoms with E-state index in [2.05, 4.69) is 57.0 Å². The van der Waals surface area contributed by atoms with Crippen LogP contribution in [0.25, 0.3) is 6.08 Å². The predicted molar refractivity (Wildman–Crippen MR) is 96.9 cm³/mol. The molecule has 0 aliphatic rings. The Morgan fingerprint density at radius 3 is 2.26 bits per heavy atom. The molecule has 0 unspecified atom stereocenters. The Morgan fingerprint density at radius 1 is 1.00 bits per heavy atom. The van der Waals surface area contributed by atoms with E-state index in [0.29, 0.717) is 5.56 Å². The Bertz CT molecular complexity index is 650. The van der Waals surface area contributed by atoms with Crippen molar-refractivity contribution >= 4 is 6.08 Å². The highest BCUT2D eigenvalue weighted by atomic mass is 19.1. The van der Waals surface area contributed by atoms with Crippen LogP contribution in [0.1, 0.15) is 37.5 Å². The van der Waals surface area contributed by atoms with Crippen molar-refractivity contribution in [3.05, 3.63) is 77.1 Å². The van der Waals surface area contributed by atoms with Crippen LogP contribution in [0, 0.1) is 5.82 Å². The van der Waals surface area contributed by atoms with Crippen LogP contribution in [-0.2, 0) is 12.0 Å². The fourth-order valence-corrected chi connectivity index (χ4v) is 2.46. The average molecular weight is 311 g/mol. The van der Waals surface area contributed by atoms with Gasteiger partial charge in [0.1, 0.15) is 5.82 Å². The Hall–Kier alpha value is -1.93. The van der Waals surface area contributed by atoms with Crippen molar-refractivity contribution in [1.29, 1.82) is 0 Å². The molecule has 2 aromatic carbocycles. The van der Waals surface area contributed by atoms with Crippen molar-refractivity contribution in [2.75, 3.05) is 13.6 Å². The summed E-state index contributed by atoms with van der Waals surface area (Å²) in [6.07, 6.45) is 3.84. The smallest absolute Gasteiger partial charge is 0.130 e. The summed E-state index contributed by atoms with van der Waals surface area (Å²) in [6, 6.07) is 15.6. The van der Waals surface area contributed by atoms with Crippen LogP contribution in [-0.4, -0.2) is 18.5 Å². The third-order valence-electron chi connectivity index (χ3n) is 3.89. The highest BCUT2D eigenvalue weighted by Gasteiger charge is 2.12. The largest absolute Gasteiger partial charge is 0.298 e. The molecule has 0 spiro atoms. The van der Waals surface area contributed by atoms with Crippen molar-refractivity contribution < 1.29 is 4.39 Å². The summed E-state index contributed by atoms with van der Waals surface area (Å²) in [5.74, 6) is -0.177. The summed E-state index contributed by atoms with van der Waals surface area (Å²) < 4.78 is 13.5. The van der Waals surface area contributed by atoms with Gasteiger partial charge in [0.05, 0.1) is 0 Å². The van der Waals surface area contributed by atoms with Gasteiger partial charge in [-0.3, -0.25) is 4.90 Å². The van der Waals surface area contributed by atoms with Gasteiger partial charge in [-0.05, 0) is 29.7 Å². The zero-order valence-corrected chi connectivity index (χ0v) is 14.5. The zero-order valence-electron chi connectivity index (χ0n) is 14.5. The minimum atomic E-state index is -0.177. The molecule has 0 amide bonds. The summed E-state index contributed by atoms with van der Waals surface area (Å²) in [5, 5.41) is 0. The molecule has 0 bridgehead atoms. The van der Waals surface area contributed by atoms with E-state index in [9.17, 15) is 4.39 Å². The van der Waals surface area contributed by atoms with E-state index in [4.69, 9.17) is 0 Å². The molecule has 0 aliphatic carbocycles. The maximum absolute atomic E-state index is 13.5. The third-order valence-corrected chi connectivity index (χ3v) is 3.89. The molecule has 2 aromatic rings. The molecule has 0 saturated heterocycles. The topological polar surface area (TPSA) is 3.24 Å². The lowest BCUT2D eigenvalue weighted by molar-refractivity contribution is 0.364. The maximum atomic E-state index is 13.5. The number of benzene rings is 2. The molecule has 0 fully saturated rings. The number of hydrogen-bond donors (Lipinski definition) is 0. The first kappa shape index (κ1) is 17.4. The summed E-state index contributed by atoms with van der Waals surface area (Å²) in [4.78, 5) is 2.21. The standard InChI is InChI=1S/C21H26FN/c1-21(2,3)19-13-11-17(12-14-19)16-23(4)15-7-9-18-8-5-6-10-20(18)22/h5-14H,15-16H2,1-4H3. The van der Waals surface area contributed by atoms with Gasteiger partial charge in [-0.15, -0.1) is 0 Å². The van der Waals surface area contributed by atoms with Gasteiger partial charge in [-0.1, -0.05) is 75.4 Å². The van der Waals surface area contributed by atoms with Gasteiger partial charge in [-0.2, -0.15) is 0 Å². The molecular weight excluding hydrogens is 285 g/mol. The first-order chi connectivity index (χ1) is 10.9. The molecule has 0 heterocycles. The molecule has 0 atom stereocenters. The average Bonchev–Trinajstić information content (AvgIpc) is 2.49. The normalized spacial score (nSPS) is 12.3. The monoisotopic (exact) mass is 311 g/mol. The fourth-order valence-electron chi connectivity index (χ4n) is 2.46. The number of nitrogens with zero attached hydrogens (tertiary/aromatic N) is 1. The van der Waals surface area contributed by atoms with Crippen LogP contribution < -0.4 is 0 Å². The lowest BCUT2D eigenvalue weighted by atomic mass is 9.87. The molecule has 0 radical (unpaired) electrons.